The number of nitrogens with one attached hydrogen (secondary N) is 1. The Hall–Kier alpha value is -4.25. The van der Waals surface area contributed by atoms with E-state index in [1.807, 2.05) is 20.8 Å². The number of alkyl halides is 1. The second-order valence-electron chi connectivity index (χ2n) is 11.0. The van der Waals surface area contributed by atoms with E-state index in [4.69, 9.17) is 0 Å². The van der Waals surface area contributed by atoms with Crippen LogP contribution < -0.4 is 16.4 Å². The summed E-state index contributed by atoms with van der Waals surface area (Å²) in [6, 6.07) is 6.34. The van der Waals surface area contributed by atoms with E-state index in [0.717, 1.165) is 21.4 Å². The van der Waals surface area contributed by atoms with E-state index in [0.29, 0.717) is 5.56 Å². The van der Waals surface area contributed by atoms with Crippen LogP contribution in [-0.4, -0.2) is 31.5 Å². The highest BCUT2D eigenvalue weighted by Gasteiger charge is 2.43. The van der Waals surface area contributed by atoms with Gasteiger partial charge in [0.2, 0.25) is 5.91 Å². The highest BCUT2D eigenvalue weighted by molar-refractivity contribution is 5.95. The number of anilines is 1. The summed E-state index contributed by atoms with van der Waals surface area (Å²) in [5.74, 6) is -3.03. The lowest BCUT2D eigenvalue weighted by molar-refractivity contribution is -0.117. The summed E-state index contributed by atoms with van der Waals surface area (Å²) < 4.78 is 45.5. The lowest BCUT2D eigenvalue weighted by Crippen LogP contribution is -2.26. The third-order valence-corrected chi connectivity index (χ3v) is 7.08. The summed E-state index contributed by atoms with van der Waals surface area (Å²) in [7, 11) is 1.42. The quantitative estimate of drug-likeness (QED) is 0.388. The molecular formula is C29H27F3N4O4. The monoisotopic (exact) mass is 552 g/mol. The zero-order chi connectivity index (χ0) is 29.1. The fourth-order valence-electron chi connectivity index (χ4n) is 4.68. The first kappa shape index (κ1) is 27.3. The molecule has 2 aromatic heterocycles. The van der Waals surface area contributed by atoms with Crippen molar-refractivity contribution in [1.82, 2.24) is 14.3 Å². The highest BCUT2D eigenvalue weighted by Crippen LogP contribution is 2.35. The van der Waals surface area contributed by atoms with Crippen LogP contribution in [0.3, 0.4) is 0 Å². The van der Waals surface area contributed by atoms with Crippen LogP contribution in [0.25, 0.3) is 27.6 Å². The van der Waals surface area contributed by atoms with Crippen molar-refractivity contribution in [2.24, 2.45) is 13.0 Å². The maximum atomic E-state index is 15.2. The van der Waals surface area contributed by atoms with E-state index < -0.39 is 47.4 Å². The van der Waals surface area contributed by atoms with Crippen LogP contribution in [0.2, 0.25) is 0 Å². The Morgan fingerprint density at radius 3 is 2.45 bits per heavy atom. The molecule has 2 atom stereocenters. The number of pyridine rings is 1. The number of carbonyl (C=O) groups excluding carboxylic acids is 1. The lowest BCUT2D eigenvalue weighted by Gasteiger charge is -2.20. The number of aryl methyl sites for hydroxylation is 1. The molecule has 2 N–H and O–H groups in total. The van der Waals surface area contributed by atoms with Gasteiger partial charge in [-0.1, -0.05) is 20.8 Å². The summed E-state index contributed by atoms with van der Waals surface area (Å²) in [6.07, 6.45) is 1.47. The number of rotatable bonds is 5. The van der Waals surface area contributed by atoms with Crippen LogP contribution in [0.4, 0.5) is 18.9 Å². The summed E-state index contributed by atoms with van der Waals surface area (Å²) in [5.41, 5.74) is -1.01. The molecule has 40 heavy (non-hydrogen) atoms. The Morgan fingerprint density at radius 1 is 1.12 bits per heavy atom. The standard InChI is InChI=1S/C29H27F3N4O4/c1-29(2,3)16-5-14-11-33-36(28(40)25(14)22(32)7-16)24-9-17(30)8-18(20(24)13-37)15-6-23(27(39)35(4)12-15)34-26(38)19-10-21(19)31/h5-9,11-12,19,21,37H,10,13H2,1-4H3,(H,34,38). The summed E-state index contributed by atoms with van der Waals surface area (Å²) in [6.45, 7) is 5.05. The first-order valence-corrected chi connectivity index (χ1v) is 12.6. The molecule has 208 valence electrons. The fraction of sp³-hybridized carbons (Fsp3) is 0.310. The molecule has 1 amide bonds. The van der Waals surface area contributed by atoms with Crippen molar-refractivity contribution < 1.29 is 23.1 Å². The number of fused-ring (bicyclic) bond motifs is 1. The predicted molar refractivity (Wildman–Crippen MR) is 144 cm³/mol. The highest BCUT2D eigenvalue weighted by atomic mass is 19.1. The number of aromatic nitrogens is 3. The van der Waals surface area contributed by atoms with Crippen LogP contribution in [-0.2, 0) is 23.9 Å². The smallest absolute Gasteiger partial charge is 0.282 e. The first-order chi connectivity index (χ1) is 18.8. The lowest BCUT2D eigenvalue weighted by atomic mass is 9.86. The van der Waals surface area contributed by atoms with Gasteiger partial charge in [0.15, 0.2) is 0 Å². The Balaban J connectivity index is 1.67. The molecule has 0 spiro atoms. The molecule has 1 aliphatic rings. The molecule has 1 saturated carbocycles. The van der Waals surface area contributed by atoms with Gasteiger partial charge >= 0.3 is 0 Å². The van der Waals surface area contributed by atoms with Crippen molar-refractivity contribution >= 4 is 22.4 Å². The van der Waals surface area contributed by atoms with Crippen molar-refractivity contribution in [3.05, 3.63) is 86.2 Å². The Kier molecular flexibility index (Phi) is 6.65. The zero-order valence-corrected chi connectivity index (χ0v) is 22.3. The number of amides is 1. The van der Waals surface area contributed by atoms with Gasteiger partial charge in [-0.15, -0.1) is 0 Å². The topological polar surface area (TPSA) is 106 Å². The van der Waals surface area contributed by atoms with E-state index in [1.54, 1.807) is 6.07 Å². The summed E-state index contributed by atoms with van der Waals surface area (Å²) >= 11 is 0. The van der Waals surface area contributed by atoms with E-state index >= 15 is 4.39 Å². The second kappa shape index (κ2) is 9.74. The Morgan fingerprint density at radius 2 is 1.82 bits per heavy atom. The molecule has 4 aromatic rings. The minimum Gasteiger partial charge on any atom is -0.392 e. The Labute approximate surface area is 226 Å². The normalized spacial score (nSPS) is 16.8. The zero-order valence-electron chi connectivity index (χ0n) is 22.3. The van der Waals surface area contributed by atoms with Crippen LogP contribution in [0, 0.1) is 17.6 Å². The van der Waals surface area contributed by atoms with Gasteiger partial charge in [0.05, 0.1) is 29.8 Å². The predicted octanol–water partition coefficient (Wildman–Crippen LogP) is 4.12. The van der Waals surface area contributed by atoms with E-state index in [1.165, 1.54) is 31.6 Å². The van der Waals surface area contributed by atoms with Gasteiger partial charge in [-0.2, -0.15) is 9.78 Å². The number of aliphatic hydroxyl groups excluding tert-OH is 1. The maximum Gasteiger partial charge on any atom is 0.282 e. The van der Waals surface area contributed by atoms with E-state index in [9.17, 15) is 28.3 Å². The molecule has 1 aliphatic carbocycles. The molecule has 0 saturated heterocycles. The van der Waals surface area contributed by atoms with E-state index in [2.05, 4.69) is 10.4 Å². The van der Waals surface area contributed by atoms with Crippen molar-refractivity contribution in [2.75, 3.05) is 5.32 Å². The molecule has 0 radical (unpaired) electrons. The van der Waals surface area contributed by atoms with Gasteiger partial charge in [0, 0.05) is 35.8 Å². The molecule has 2 unspecified atom stereocenters. The average molecular weight is 553 g/mol. The molecule has 0 aliphatic heterocycles. The van der Waals surface area contributed by atoms with Crippen molar-refractivity contribution in [3.63, 3.8) is 0 Å². The molecule has 2 heterocycles. The molecule has 0 bridgehead atoms. The van der Waals surface area contributed by atoms with Crippen molar-refractivity contribution in [1.29, 1.82) is 0 Å². The molecule has 1 fully saturated rings. The SMILES string of the molecule is Cn1cc(-c2cc(F)cc(-n3ncc4cc(C(C)(C)C)cc(F)c4c3=O)c2CO)cc(NC(=O)C2CC2F)c1=O. The number of halogens is 3. The fourth-order valence-corrected chi connectivity index (χ4v) is 4.68. The molecule has 11 heteroatoms. The van der Waals surface area contributed by atoms with Crippen LogP contribution in [0.15, 0.2) is 52.3 Å². The number of nitrogens with zero attached hydrogens (tertiary/aromatic N) is 3. The number of carbonyl (C=O) groups is 1. The van der Waals surface area contributed by atoms with Gasteiger partial charge in [0.1, 0.15) is 23.5 Å². The van der Waals surface area contributed by atoms with Gasteiger partial charge in [-0.05, 0) is 47.2 Å². The van der Waals surface area contributed by atoms with Gasteiger partial charge in [-0.3, -0.25) is 14.4 Å². The minimum atomic E-state index is -1.27. The van der Waals surface area contributed by atoms with Crippen molar-refractivity contribution in [3.8, 4) is 16.8 Å². The number of benzene rings is 2. The number of hydrogen-bond acceptors (Lipinski definition) is 5. The first-order valence-electron chi connectivity index (χ1n) is 12.6. The molecule has 5 rings (SSSR count). The van der Waals surface area contributed by atoms with Crippen molar-refractivity contribution in [2.45, 2.75) is 45.4 Å². The van der Waals surface area contributed by atoms with Crippen LogP contribution >= 0.6 is 0 Å². The molecule has 8 nitrogen and oxygen atoms in total. The Bertz CT molecular complexity index is 1810. The van der Waals surface area contributed by atoms with E-state index in [-0.39, 0.29) is 50.7 Å². The largest absolute Gasteiger partial charge is 0.392 e. The number of hydrogen-bond donors (Lipinski definition) is 2. The van der Waals surface area contributed by atoms with Crippen LogP contribution in [0.5, 0.6) is 0 Å². The molecule has 2 aromatic carbocycles. The molecular weight excluding hydrogens is 525 g/mol. The van der Waals surface area contributed by atoms with Crippen LogP contribution in [0.1, 0.15) is 38.3 Å². The van der Waals surface area contributed by atoms with Gasteiger partial charge in [-0.25, -0.2) is 13.2 Å². The average Bonchev–Trinajstić information content (AvgIpc) is 3.62. The maximum absolute atomic E-state index is 15.2. The van der Waals surface area contributed by atoms with Gasteiger partial charge < -0.3 is 15.0 Å². The third kappa shape index (κ3) is 4.81. The minimum absolute atomic E-state index is 0.0688. The summed E-state index contributed by atoms with van der Waals surface area (Å²) in [5, 5.41) is 16.9. The second-order valence-corrected chi connectivity index (χ2v) is 11.0. The van der Waals surface area contributed by atoms with Gasteiger partial charge in [0.25, 0.3) is 11.1 Å². The third-order valence-electron chi connectivity index (χ3n) is 7.08. The summed E-state index contributed by atoms with van der Waals surface area (Å²) in [4.78, 5) is 38.4. The number of aliphatic hydroxyl groups is 1.